The van der Waals surface area contributed by atoms with Crippen LogP contribution in [0.3, 0.4) is 0 Å². The molecule has 1 N–H and O–H groups in total. The van der Waals surface area contributed by atoms with E-state index in [1.54, 1.807) is 23.0 Å². The smallest absolute Gasteiger partial charge is 0.250 e. The van der Waals surface area contributed by atoms with Gasteiger partial charge in [0.2, 0.25) is 0 Å². The summed E-state index contributed by atoms with van der Waals surface area (Å²) in [6, 6.07) is 3.21. The van der Waals surface area contributed by atoms with E-state index in [1.807, 2.05) is 0 Å². The maximum Gasteiger partial charge on any atom is 0.250 e. The van der Waals surface area contributed by atoms with Crippen molar-refractivity contribution < 1.29 is 5.11 Å². The van der Waals surface area contributed by atoms with E-state index in [1.165, 1.54) is 17.4 Å². The van der Waals surface area contributed by atoms with Crippen molar-refractivity contribution in [3.8, 4) is 0 Å². The zero-order chi connectivity index (χ0) is 11.5. The number of pyridine rings is 1. The van der Waals surface area contributed by atoms with Crippen LogP contribution in [-0.2, 0) is 13.2 Å². The lowest BCUT2D eigenvalue weighted by Crippen LogP contribution is -2.18. The van der Waals surface area contributed by atoms with Crippen molar-refractivity contribution in [3.63, 3.8) is 0 Å². The first-order chi connectivity index (χ1) is 7.69. The number of hydrogen-bond acceptors (Lipinski definition) is 4. The fraction of sp³-hybridized carbons (Fsp3) is 0.200. The molecule has 0 aromatic carbocycles. The highest BCUT2D eigenvalue weighted by Gasteiger charge is 2.03. The second-order valence-electron chi connectivity index (χ2n) is 3.19. The van der Waals surface area contributed by atoms with E-state index >= 15 is 0 Å². The molecule has 0 aliphatic heterocycles. The van der Waals surface area contributed by atoms with E-state index < -0.39 is 0 Å². The molecule has 84 valence electrons. The van der Waals surface area contributed by atoms with E-state index in [9.17, 15) is 4.79 Å². The maximum absolute atomic E-state index is 11.5. The van der Waals surface area contributed by atoms with Gasteiger partial charge in [0.25, 0.3) is 5.56 Å². The molecular weight excluding hydrogens is 292 g/mol. The van der Waals surface area contributed by atoms with Gasteiger partial charge in [0.05, 0.1) is 18.0 Å². The van der Waals surface area contributed by atoms with Gasteiger partial charge in [-0.1, -0.05) is 0 Å². The molecule has 0 aliphatic rings. The lowest BCUT2D eigenvalue weighted by Gasteiger charge is -2.02. The second kappa shape index (κ2) is 4.90. The van der Waals surface area contributed by atoms with Crippen LogP contribution in [0.15, 0.2) is 33.8 Å². The average Bonchev–Trinajstić information content (AvgIpc) is 2.71. The van der Waals surface area contributed by atoms with Gasteiger partial charge in [0.1, 0.15) is 5.01 Å². The third-order valence-electron chi connectivity index (χ3n) is 2.01. The monoisotopic (exact) mass is 300 g/mol. The number of aliphatic hydroxyl groups is 1. The van der Waals surface area contributed by atoms with Gasteiger partial charge >= 0.3 is 0 Å². The SMILES string of the molecule is O=c1ccc(Br)cn1Cc1ncc(CO)s1. The number of thiazole rings is 1. The Kier molecular flexibility index (Phi) is 3.52. The summed E-state index contributed by atoms with van der Waals surface area (Å²) in [7, 11) is 0. The topological polar surface area (TPSA) is 55.1 Å². The molecule has 0 saturated carbocycles. The molecule has 0 bridgehead atoms. The average molecular weight is 301 g/mol. The van der Waals surface area contributed by atoms with Crippen molar-refractivity contribution >= 4 is 27.3 Å². The molecule has 0 aliphatic carbocycles. The molecule has 2 heterocycles. The molecule has 4 nitrogen and oxygen atoms in total. The fourth-order valence-corrected chi connectivity index (χ4v) is 2.43. The van der Waals surface area contributed by atoms with Gasteiger partial charge in [0, 0.05) is 22.9 Å². The molecule has 2 rings (SSSR count). The molecule has 0 radical (unpaired) electrons. The maximum atomic E-state index is 11.5. The molecule has 0 atom stereocenters. The Morgan fingerprint density at radius 1 is 1.50 bits per heavy atom. The molecule has 16 heavy (non-hydrogen) atoms. The summed E-state index contributed by atoms with van der Waals surface area (Å²) in [6.45, 7) is 0.425. The van der Waals surface area contributed by atoms with Crippen LogP contribution < -0.4 is 5.56 Å². The predicted octanol–water partition coefficient (Wildman–Crippen LogP) is 1.61. The molecule has 2 aromatic heterocycles. The van der Waals surface area contributed by atoms with Crippen LogP contribution in [0, 0.1) is 0 Å². The number of nitrogens with zero attached hydrogens (tertiary/aromatic N) is 2. The normalized spacial score (nSPS) is 10.6. The standard InChI is InChI=1S/C10H9BrN2O2S/c11-7-1-2-10(15)13(4-7)5-9-12-3-8(6-14)16-9/h1-4,14H,5-6H2. The first-order valence-corrected chi connectivity index (χ1v) is 6.20. The van der Waals surface area contributed by atoms with Gasteiger partial charge in [-0.25, -0.2) is 4.98 Å². The van der Waals surface area contributed by atoms with E-state index in [0.717, 1.165) is 14.4 Å². The van der Waals surface area contributed by atoms with Gasteiger partial charge in [0.15, 0.2) is 0 Å². The largest absolute Gasteiger partial charge is 0.391 e. The highest BCUT2D eigenvalue weighted by atomic mass is 79.9. The molecule has 2 aromatic rings. The number of rotatable bonds is 3. The minimum atomic E-state index is -0.0658. The van der Waals surface area contributed by atoms with Crippen LogP contribution in [0.5, 0.6) is 0 Å². The first-order valence-electron chi connectivity index (χ1n) is 4.59. The minimum absolute atomic E-state index is 0.00888. The highest BCUT2D eigenvalue weighted by molar-refractivity contribution is 9.10. The van der Waals surface area contributed by atoms with Crippen LogP contribution in [0.25, 0.3) is 0 Å². The first kappa shape index (κ1) is 11.5. The summed E-state index contributed by atoms with van der Waals surface area (Å²) < 4.78 is 2.43. The summed E-state index contributed by atoms with van der Waals surface area (Å²) in [4.78, 5) is 16.5. The van der Waals surface area contributed by atoms with E-state index in [-0.39, 0.29) is 12.2 Å². The van der Waals surface area contributed by atoms with Crippen molar-refractivity contribution in [2.45, 2.75) is 13.2 Å². The molecule has 6 heteroatoms. The number of hydrogen-bond donors (Lipinski definition) is 1. The number of halogens is 1. The van der Waals surface area contributed by atoms with Crippen LogP contribution >= 0.6 is 27.3 Å². The summed E-state index contributed by atoms with van der Waals surface area (Å²) in [5.74, 6) is 0. The zero-order valence-corrected chi connectivity index (χ0v) is 10.7. The number of aromatic nitrogens is 2. The van der Waals surface area contributed by atoms with E-state index in [4.69, 9.17) is 5.11 Å². The van der Waals surface area contributed by atoms with Crippen molar-refractivity contribution in [1.29, 1.82) is 0 Å². The van der Waals surface area contributed by atoms with Gasteiger partial charge in [-0.2, -0.15) is 0 Å². The molecule has 0 spiro atoms. The Morgan fingerprint density at radius 2 is 2.31 bits per heavy atom. The van der Waals surface area contributed by atoms with Crippen LogP contribution in [-0.4, -0.2) is 14.7 Å². The predicted molar refractivity (Wildman–Crippen MR) is 65.5 cm³/mol. The molecule has 0 amide bonds. The van der Waals surface area contributed by atoms with E-state index in [2.05, 4.69) is 20.9 Å². The highest BCUT2D eigenvalue weighted by Crippen LogP contribution is 2.14. The van der Waals surface area contributed by atoms with Gasteiger partial charge in [-0.15, -0.1) is 11.3 Å². The molecule has 0 saturated heterocycles. The van der Waals surface area contributed by atoms with Crippen molar-refractivity contribution in [2.24, 2.45) is 0 Å². The molecular formula is C10H9BrN2O2S. The van der Waals surface area contributed by atoms with Gasteiger partial charge in [-0.3, -0.25) is 4.79 Å². The Labute approximate surface area is 104 Å². The lowest BCUT2D eigenvalue weighted by atomic mass is 10.4. The fourth-order valence-electron chi connectivity index (χ4n) is 1.27. The Balaban J connectivity index is 2.26. The minimum Gasteiger partial charge on any atom is -0.391 e. The van der Waals surface area contributed by atoms with Gasteiger partial charge < -0.3 is 9.67 Å². The molecule has 0 fully saturated rings. The Morgan fingerprint density at radius 3 is 3.00 bits per heavy atom. The van der Waals surface area contributed by atoms with E-state index in [0.29, 0.717) is 6.54 Å². The second-order valence-corrected chi connectivity index (χ2v) is 5.31. The van der Waals surface area contributed by atoms with Gasteiger partial charge in [-0.05, 0) is 22.0 Å². The number of aliphatic hydroxyl groups excluding tert-OH is 1. The third kappa shape index (κ3) is 2.58. The van der Waals surface area contributed by atoms with Crippen molar-refractivity contribution in [2.75, 3.05) is 0 Å². The summed E-state index contributed by atoms with van der Waals surface area (Å²) in [5, 5.41) is 9.72. The molecule has 0 unspecified atom stereocenters. The zero-order valence-electron chi connectivity index (χ0n) is 8.26. The Bertz CT molecular complexity index is 550. The lowest BCUT2D eigenvalue weighted by molar-refractivity contribution is 0.285. The summed E-state index contributed by atoms with van der Waals surface area (Å²) in [5.41, 5.74) is -0.0658. The summed E-state index contributed by atoms with van der Waals surface area (Å²) in [6.07, 6.45) is 3.35. The van der Waals surface area contributed by atoms with Crippen LogP contribution in [0.4, 0.5) is 0 Å². The summed E-state index contributed by atoms with van der Waals surface area (Å²) >= 11 is 4.72. The van der Waals surface area contributed by atoms with Crippen LogP contribution in [0.1, 0.15) is 9.88 Å². The third-order valence-corrected chi connectivity index (χ3v) is 3.45. The van der Waals surface area contributed by atoms with Crippen LogP contribution in [0.2, 0.25) is 0 Å². The van der Waals surface area contributed by atoms with Crippen molar-refractivity contribution in [1.82, 2.24) is 9.55 Å². The Hall–Kier alpha value is -0.980. The quantitative estimate of drug-likeness (QED) is 0.937. The van der Waals surface area contributed by atoms with Crippen molar-refractivity contribution in [3.05, 3.63) is 49.2 Å².